The van der Waals surface area contributed by atoms with Crippen molar-refractivity contribution in [2.75, 3.05) is 11.9 Å². The topological polar surface area (TPSA) is 47.6 Å². The smallest absolute Gasteiger partial charge is 0.262 e. The molecule has 6 heteroatoms. The lowest BCUT2D eigenvalue weighted by Crippen LogP contribution is -2.25. The van der Waals surface area contributed by atoms with Crippen molar-refractivity contribution in [1.82, 2.24) is 0 Å². The monoisotopic (exact) mass is 291 g/mol. The molecule has 0 aliphatic carbocycles. The largest absolute Gasteiger partial charge is 0.486 e. The summed E-state index contributed by atoms with van der Waals surface area (Å²) in [5, 5.41) is 2.67. The molecule has 2 aromatic rings. The van der Waals surface area contributed by atoms with Gasteiger partial charge in [-0.1, -0.05) is 6.07 Å². The zero-order valence-electron chi connectivity index (χ0n) is 10.9. The zero-order valence-corrected chi connectivity index (χ0v) is 10.9. The normalized spacial score (nSPS) is 13.1. The average molecular weight is 291 g/mol. The third-order valence-corrected chi connectivity index (χ3v) is 2.97. The summed E-state index contributed by atoms with van der Waals surface area (Å²) in [6.45, 7) is 0.0787. The van der Waals surface area contributed by atoms with Crippen LogP contribution in [0.3, 0.4) is 0 Å². The summed E-state index contributed by atoms with van der Waals surface area (Å²) in [7, 11) is 0. The maximum atomic E-state index is 13.4. The fourth-order valence-corrected chi connectivity index (χ4v) is 1.97. The molecular formula is C15H11F2NO3. The van der Waals surface area contributed by atoms with Crippen molar-refractivity contribution in [3.8, 4) is 11.5 Å². The number of amides is 1. The number of anilines is 1. The lowest BCUT2D eigenvalue weighted by atomic mass is 10.2. The van der Waals surface area contributed by atoms with Crippen LogP contribution in [0.15, 0.2) is 36.4 Å². The van der Waals surface area contributed by atoms with Gasteiger partial charge in [-0.2, -0.15) is 0 Å². The molecule has 0 saturated heterocycles. The number of nitrogens with one attached hydrogen (secondary N) is 1. The molecule has 2 aromatic carbocycles. The van der Waals surface area contributed by atoms with E-state index in [4.69, 9.17) is 9.47 Å². The van der Waals surface area contributed by atoms with Crippen LogP contribution in [-0.2, 0) is 11.4 Å². The number of halogens is 2. The minimum Gasteiger partial charge on any atom is -0.486 e. The third-order valence-electron chi connectivity index (χ3n) is 2.97. The molecule has 1 amide bonds. The van der Waals surface area contributed by atoms with Crippen LogP contribution in [0, 0.1) is 11.6 Å². The molecule has 0 bridgehead atoms. The number of hydrogen-bond acceptors (Lipinski definition) is 3. The van der Waals surface area contributed by atoms with Crippen LogP contribution in [0.2, 0.25) is 0 Å². The second-order valence-corrected chi connectivity index (χ2v) is 4.53. The highest BCUT2D eigenvalue weighted by Crippen LogP contribution is 2.29. The van der Waals surface area contributed by atoms with E-state index in [2.05, 4.69) is 5.32 Å². The molecule has 1 N–H and O–H groups in total. The number of rotatable bonds is 3. The summed E-state index contributed by atoms with van der Waals surface area (Å²) in [5.74, 6) is -1.11. The SMILES string of the molecule is O=C1COc2ccc(COc3ccc(F)cc3F)cc2N1. The van der Waals surface area contributed by atoms with E-state index >= 15 is 0 Å². The van der Waals surface area contributed by atoms with Gasteiger partial charge < -0.3 is 14.8 Å². The van der Waals surface area contributed by atoms with Gasteiger partial charge in [-0.3, -0.25) is 4.79 Å². The Morgan fingerprint density at radius 2 is 2.05 bits per heavy atom. The van der Waals surface area contributed by atoms with Gasteiger partial charge in [0.15, 0.2) is 18.2 Å². The quantitative estimate of drug-likeness (QED) is 0.946. The first-order chi connectivity index (χ1) is 10.1. The second-order valence-electron chi connectivity index (χ2n) is 4.53. The van der Waals surface area contributed by atoms with E-state index in [9.17, 15) is 13.6 Å². The van der Waals surface area contributed by atoms with E-state index in [0.717, 1.165) is 17.7 Å². The van der Waals surface area contributed by atoms with Crippen molar-refractivity contribution in [2.24, 2.45) is 0 Å². The van der Waals surface area contributed by atoms with E-state index in [-0.39, 0.29) is 24.9 Å². The fourth-order valence-electron chi connectivity index (χ4n) is 1.97. The number of fused-ring (bicyclic) bond motifs is 1. The van der Waals surface area contributed by atoms with E-state index in [0.29, 0.717) is 11.4 Å². The minimum atomic E-state index is -0.760. The molecule has 0 fully saturated rings. The minimum absolute atomic E-state index is 0.0103. The molecule has 1 aliphatic heterocycles. The Kier molecular flexibility index (Phi) is 3.43. The molecular weight excluding hydrogens is 280 g/mol. The van der Waals surface area contributed by atoms with Crippen LogP contribution in [0.4, 0.5) is 14.5 Å². The Bertz CT molecular complexity index is 703. The fraction of sp³-hybridized carbons (Fsp3) is 0.133. The van der Waals surface area contributed by atoms with Crippen molar-refractivity contribution in [3.63, 3.8) is 0 Å². The van der Waals surface area contributed by atoms with Gasteiger partial charge in [-0.25, -0.2) is 8.78 Å². The predicted molar refractivity (Wildman–Crippen MR) is 71.3 cm³/mol. The highest BCUT2D eigenvalue weighted by molar-refractivity contribution is 5.95. The first kappa shape index (κ1) is 13.4. The van der Waals surface area contributed by atoms with Gasteiger partial charge in [0.2, 0.25) is 0 Å². The first-order valence-electron chi connectivity index (χ1n) is 6.25. The van der Waals surface area contributed by atoms with Crippen molar-refractivity contribution < 1.29 is 23.0 Å². The first-order valence-corrected chi connectivity index (χ1v) is 6.25. The zero-order chi connectivity index (χ0) is 14.8. The molecule has 1 aliphatic rings. The van der Waals surface area contributed by atoms with Crippen LogP contribution in [-0.4, -0.2) is 12.5 Å². The van der Waals surface area contributed by atoms with Gasteiger partial charge in [-0.15, -0.1) is 0 Å². The Morgan fingerprint density at radius 1 is 1.19 bits per heavy atom. The molecule has 4 nitrogen and oxygen atoms in total. The molecule has 0 aromatic heterocycles. The predicted octanol–water partition coefficient (Wildman–Crippen LogP) is 2.87. The van der Waals surface area contributed by atoms with Crippen molar-refractivity contribution in [3.05, 3.63) is 53.6 Å². The molecule has 0 spiro atoms. The molecule has 21 heavy (non-hydrogen) atoms. The Labute approximate surface area is 119 Å². The van der Waals surface area contributed by atoms with E-state index in [1.54, 1.807) is 18.2 Å². The Hall–Kier alpha value is -2.63. The summed E-state index contributed by atoms with van der Waals surface area (Å²) in [6, 6.07) is 8.25. The molecule has 0 saturated carbocycles. The number of hydrogen-bond donors (Lipinski definition) is 1. The highest BCUT2D eigenvalue weighted by Gasteiger charge is 2.16. The number of benzene rings is 2. The summed E-state index contributed by atoms with van der Waals surface area (Å²) < 4.78 is 36.8. The number of carbonyl (C=O) groups excluding carboxylic acids is 1. The molecule has 0 atom stereocenters. The standard InChI is InChI=1S/C15H11F2NO3/c16-10-2-4-13(11(17)6-10)20-7-9-1-3-14-12(5-9)18-15(19)8-21-14/h1-6H,7-8H2,(H,18,19). The number of carbonyl (C=O) groups is 1. The summed E-state index contributed by atoms with van der Waals surface area (Å²) in [5.41, 5.74) is 1.27. The maximum absolute atomic E-state index is 13.4. The van der Waals surface area contributed by atoms with Crippen molar-refractivity contribution >= 4 is 11.6 Å². The molecule has 0 radical (unpaired) electrons. The van der Waals surface area contributed by atoms with Crippen LogP contribution in [0.5, 0.6) is 11.5 Å². The number of ether oxygens (including phenoxy) is 2. The van der Waals surface area contributed by atoms with Crippen LogP contribution in [0.1, 0.15) is 5.56 Å². The second kappa shape index (κ2) is 5.40. The lowest BCUT2D eigenvalue weighted by Gasteiger charge is -2.18. The maximum Gasteiger partial charge on any atom is 0.262 e. The average Bonchev–Trinajstić information content (AvgIpc) is 2.46. The third kappa shape index (κ3) is 2.94. The molecule has 1 heterocycles. The van der Waals surface area contributed by atoms with E-state index in [1.807, 2.05) is 0 Å². The van der Waals surface area contributed by atoms with Crippen LogP contribution < -0.4 is 14.8 Å². The molecule has 0 unspecified atom stereocenters. The summed E-state index contributed by atoms with van der Waals surface area (Å²) in [6.07, 6.45) is 0. The van der Waals surface area contributed by atoms with Gasteiger partial charge in [-0.05, 0) is 29.8 Å². The summed E-state index contributed by atoms with van der Waals surface area (Å²) >= 11 is 0. The highest BCUT2D eigenvalue weighted by atomic mass is 19.1. The Morgan fingerprint density at radius 3 is 2.86 bits per heavy atom. The van der Waals surface area contributed by atoms with Crippen LogP contribution >= 0.6 is 0 Å². The van der Waals surface area contributed by atoms with Gasteiger partial charge in [0.25, 0.3) is 5.91 Å². The lowest BCUT2D eigenvalue weighted by molar-refractivity contribution is -0.118. The van der Waals surface area contributed by atoms with Gasteiger partial charge in [0.1, 0.15) is 18.2 Å². The van der Waals surface area contributed by atoms with Gasteiger partial charge in [0, 0.05) is 6.07 Å². The van der Waals surface area contributed by atoms with E-state index < -0.39 is 11.6 Å². The van der Waals surface area contributed by atoms with Crippen molar-refractivity contribution in [1.29, 1.82) is 0 Å². The molecule has 3 rings (SSSR count). The van der Waals surface area contributed by atoms with Gasteiger partial charge >= 0.3 is 0 Å². The van der Waals surface area contributed by atoms with Crippen molar-refractivity contribution in [2.45, 2.75) is 6.61 Å². The Balaban J connectivity index is 1.73. The van der Waals surface area contributed by atoms with Crippen LogP contribution in [0.25, 0.3) is 0 Å². The van der Waals surface area contributed by atoms with E-state index in [1.165, 1.54) is 6.07 Å². The summed E-state index contributed by atoms with van der Waals surface area (Å²) in [4.78, 5) is 11.2. The molecule has 108 valence electrons. The van der Waals surface area contributed by atoms with Gasteiger partial charge in [0.05, 0.1) is 5.69 Å².